The molecule has 1 aromatic heterocycles. The predicted molar refractivity (Wildman–Crippen MR) is 159 cm³/mol. The number of unbranched alkanes of at least 4 members (excludes halogenated alkanes) is 2. The third-order valence-electron chi connectivity index (χ3n) is 7.85. The zero-order valence-corrected chi connectivity index (χ0v) is 23.1. The van der Waals surface area contributed by atoms with Crippen molar-refractivity contribution < 1.29 is 9.59 Å². The van der Waals surface area contributed by atoms with E-state index in [-0.39, 0.29) is 23.9 Å². The monoisotopic (exact) mass is 544 g/mol. The summed E-state index contributed by atoms with van der Waals surface area (Å²) in [5.41, 5.74) is 3.01. The van der Waals surface area contributed by atoms with Crippen molar-refractivity contribution in [3.05, 3.63) is 77.5 Å². The molecule has 0 unspecified atom stereocenters. The Morgan fingerprint density at radius 1 is 1.03 bits per heavy atom. The predicted octanol–water partition coefficient (Wildman–Crippen LogP) is 6.60. The SMILES string of the molecule is O=C(CCCCCNc1ccnc2cc(Cl)ccc12)N[C@H]1C(=O)N(C2CCCCC2)[C@H]1/C=C/c1ccccc1. The van der Waals surface area contributed by atoms with Crippen LogP contribution in [0.15, 0.2) is 66.9 Å². The summed E-state index contributed by atoms with van der Waals surface area (Å²) in [5, 5.41) is 8.25. The number of nitrogens with zero attached hydrogens (tertiary/aromatic N) is 2. The number of fused-ring (bicyclic) bond motifs is 1. The molecule has 204 valence electrons. The number of carbonyl (C=O) groups excluding carboxylic acids is 2. The lowest BCUT2D eigenvalue weighted by atomic mass is 9.85. The maximum atomic E-state index is 13.1. The van der Waals surface area contributed by atoms with Crippen LogP contribution in [0.4, 0.5) is 5.69 Å². The molecule has 2 atom stereocenters. The fourth-order valence-electron chi connectivity index (χ4n) is 5.77. The average Bonchev–Trinajstić information content (AvgIpc) is 2.96. The van der Waals surface area contributed by atoms with E-state index in [2.05, 4.69) is 39.9 Å². The number of nitrogens with one attached hydrogen (secondary N) is 2. The normalized spacial score (nSPS) is 19.8. The number of hydrogen-bond donors (Lipinski definition) is 2. The van der Waals surface area contributed by atoms with Gasteiger partial charge in [0.25, 0.3) is 0 Å². The molecule has 1 aliphatic heterocycles. The molecule has 6 nitrogen and oxygen atoms in total. The lowest BCUT2D eigenvalue weighted by Crippen LogP contribution is -2.72. The Morgan fingerprint density at radius 2 is 1.85 bits per heavy atom. The van der Waals surface area contributed by atoms with Crippen molar-refractivity contribution in [1.29, 1.82) is 0 Å². The van der Waals surface area contributed by atoms with Crippen molar-refractivity contribution in [3.8, 4) is 0 Å². The van der Waals surface area contributed by atoms with Crippen molar-refractivity contribution in [1.82, 2.24) is 15.2 Å². The number of rotatable bonds is 11. The van der Waals surface area contributed by atoms with Crippen LogP contribution >= 0.6 is 11.6 Å². The number of carbonyl (C=O) groups is 2. The highest BCUT2D eigenvalue weighted by molar-refractivity contribution is 6.31. The van der Waals surface area contributed by atoms with Crippen molar-refractivity contribution in [2.75, 3.05) is 11.9 Å². The lowest BCUT2D eigenvalue weighted by molar-refractivity contribution is -0.155. The Bertz CT molecular complexity index is 1310. The quantitative estimate of drug-likeness (QED) is 0.210. The second-order valence-electron chi connectivity index (χ2n) is 10.6. The van der Waals surface area contributed by atoms with Gasteiger partial charge in [-0.25, -0.2) is 0 Å². The Morgan fingerprint density at radius 3 is 2.67 bits per heavy atom. The summed E-state index contributed by atoms with van der Waals surface area (Å²) in [6.45, 7) is 0.813. The first-order valence-electron chi connectivity index (χ1n) is 14.2. The van der Waals surface area contributed by atoms with Crippen LogP contribution < -0.4 is 10.6 Å². The van der Waals surface area contributed by atoms with E-state index in [1.165, 1.54) is 19.3 Å². The number of pyridine rings is 1. The standard InChI is InChI=1S/C32H37ClN4O2/c33-24-16-17-26-27(19-21-35-28(26)22-24)34-20-9-3-8-14-30(38)36-31-29(18-15-23-10-4-1-5-11-23)37(32(31)39)25-12-6-2-7-13-25/h1,4-5,10-11,15-19,21-22,25,29,31H,2-3,6-9,12-14,20H2,(H,34,35)(H,36,38)/b18-15+/t29-,31+/m0/s1. The number of amides is 2. The van der Waals surface area contributed by atoms with Gasteiger partial charge in [-0.2, -0.15) is 0 Å². The summed E-state index contributed by atoms with van der Waals surface area (Å²) in [4.78, 5) is 32.3. The average molecular weight is 545 g/mol. The fourth-order valence-corrected chi connectivity index (χ4v) is 5.94. The first kappa shape index (κ1) is 27.2. The summed E-state index contributed by atoms with van der Waals surface area (Å²) < 4.78 is 0. The van der Waals surface area contributed by atoms with Gasteiger partial charge >= 0.3 is 0 Å². The Labute approximate surface area is 235 Å². The number of likely N-dealkylation sites (tertiary alicyclic amines) is 1. The maximum Gasteiger partial charge on any atom is 0.248 e. The van der Waals surface area contributed by atoms with Crippen LogP contribution in [0, 0.1) is 0 Å². The van der Waals surface area contributed by atoms with Crippen LogP contribution in [0.1, 0.15) is 63.4 Å². The van der Waals surface area contributed by atoms with Gasteiger partial charge < -0.3 is 15.5 Å². The number of benzene rings is 2. The zero-order chi connectivity index (χ0) is 27.0. The zero-order valence-electron chi connectivity index (χ0n) is 22.3. The minimum atomic E-state index is -0.463. The van der Waals surface area contributed by atoms with Gasteiger partial charge in [0.1, 0.15) is 6.04 Å². The third-order valence-corrected chi connectivity index (χ3v) is 8.09. The van der Waals surface area contributed by atoms with Crippen LogP contribution in [0.3, 0.4) is 0 Å². The van der Waals surface area contributed by atoms with Crippen LogP contribution in [0.2, 0.25) is 5.02 Å². The summed E-state index contributed by atoms with van der Waals surface area (Å²) in [6, 6.07) is 17.5. The number of aromatic nitrogens is 1. The minimum absolute atomic E-state index is 0.0419. The second-order valence-corrected chi connectivity index (χ2v) is 11.0. The molecular formula is C32H37ClN4O2. The summed E-state index contributed by atoms with van der Waals surface area (Å²) in [6.07, 6.45) is 14.7. The molecule has 7 heteroatoms. The topological polar surface area (TPSA) is 74.3 Å². The van der Waals surface area contributed by atoms with E-state index < -0.39 is 6.04 Å². The van der Waals surface area contributed by atoms with Gasteiger partial charge in [-0.1, -0.05) is 79.8 Å². The van der Waals surface area contributed by atoms with Gasteiger partial charge in [0.2, 0.25) is 11.8 Å². The molecular weight excluding hydrogens is 508 g/mol. The van der Waals surface area contributed by atoms with Crippen molar-refractivity contribution >= 4 is 46.1 Å². The second kappa shape index (κ2) is 13.1. The van der Waals surface area contributed by atoms with E-state index in [1.54, 1.807) is 6.20 Å². The molecule has 1 saturated carbocycles. The van der Waals surface area contributed by atoms with E-state index in [0.29, 0.717) is 11.4 Å². The molecule has 0 bridgehead atoms. The lowest BCUT2D eigenvalue weighted by Gasteiger charge is -2.51. The Balaban J connectivity index is 1.09. The molecule has 39 heavy (non-hydrogen) atoms. The highest BCUT2D eigenvalue weighted by Crippen LogP contribution is 2.32. The molecule has 5 rings (SSSR count). The van der Waals surface area contributed by atoms with E-state index in [9.17, 15) is 9.59 Å². The van der Waals surface area contributed by atoms with Gasteiger partial charge in [-0.15, -0.1) is 0 Å². The van der Waals surface area contributed by atoms with E-state index in [0.717, 1.165) is 60.8 Å². The van der Waals surface area contributed by atoms with Gasteiger partial charge in [-0.05, 0) is 55.5 Å². The number of halogens is 1. The summed E-state index contributed by atoms with van der Waals surface area (Å²) in [5.74, 6) is 0.0211. The molecule has 2 aliphatic rings. The first-order valence-corrected chi connectivity index (χ1v) is 14.6. The van der Waals surface area contributed by atoms with Gasteiger partial charge in [0.05, 0.1) is 11.6 Å². The molecule has 2 heterocycles. The van der Waals surface area contributed by atoms with Crippen molar-refractivity contribution in [3.63, 3.8) is 0 Å². The maximum absolute atomic E-state index is 13.1. The third kappa shape index (κ3) is 6.80. The molecule has 2 fully saturated rings. The van der Waals surface area contributed by atoms with E-state index in [1.807, 2.05) is 47.4 Å². The fraction of sp³-hybridized carbons (Fsp3) is 0.406. The molecule has 3 aromatic rings. The van der Waals surface area contributed by atoms with Gasteiger partial charge in [-0.3, -0.25) is 14.6 Å². The molecule has 1 saturated heterocycles. The summed E-state index contributed by atoms with van der Waals surface area (Å²) >= 11 is 6.08. The molecule has 1 aliphatic carbocycles. The first-order chi connectivity index (χ1) is 19.1. The highest BCUT2D eigenvalue weighted by Gasteiger charge is 2.49. The molecule has 2 amide bonds. The van der Waals surface area contributed by atoms with Crippen molar-refractivity contribution in [2.24, 2.45) is 0 Å². The van der Waals surface area contributed by atoms with Gasteiger partial charge in [0.15, 0.2) is 0 Å². The minimum Gasteiger partial charge on any atom is -0.384 e. The molecule has 2 aromatic carbocycles. The van der Waals surface area contributed by atoms with Crippen molar-refractivity contribution in [2.45, 2.75) is 75.9 Å². The van der Waals surface area contributed by atoms with Crippen LogP contribution in [-0.2, 0) is 9.59 Å². The molecule has 0 spiro atoms. The molecule has 0 radical (unpaired) electrons. The Kier molecular flexibility index (Phi) is 9.15. The smallest absolute Gasteiger partial charge is 0.248 e. The van der Waals surface area contributed by atoms with Crippen LogP contribution in [0.25, 0.3) is 17.0 Å². The van der Waals surface area contributed by atoms with Crippen LogP contribution in [-0.4, -0.2) is 46.4 Å². The number of β-lactam (4-membered cyclic amide) rings is 1. The molecule has 2 N–H and O–H groups in total. The number of hydrogen-bond acceptors (Lipinski definition) is 4. The highest BCUT2D eigenvalue weighted by atomic mass is 35.5. The van der Waals surface area contributed by atoms with E-state index in [4.69, 9.17) is 11.6 Å². The van der Waals surface area contributed by atoms with Crippen LogP contribution in [0.5, 0.6) is 0 Å². The summed E-state index contributed by atoms with van der Waals surface area (Å²) in [7, 11) is 0. The van der Waals surface area contributed by atoms with E-state index >= 15 is 0 Å². The largest absolute Gasteiger partial charge is 0.384 e. The number of anilines is 1. The Hall–Kier alpha value is -3.38. The van der Waals surface area contributed by atoms with Gasteiger partial charge in [0, 0.05) is 41.3 Å².